The van der Waals surface area contributed by atoms with Crippen molar-refractivity contribution >= 4 is 45.0 Å². The van der Waals surface area contributed by atoms with Crippen LogP contribution >= 0.6 is 22.9 Å². The minimum Gasteiger partial charge on any atom is -0.488 e. The van der Waals surface area contributed by atoms with Crippen molar-refractivity contribution in [1.29, 1.82) is 0 Å². The van der Waals surface area contributed by atoms with Gasteiger partial charge in [-0.05, 0) is 63.1 Å². The van der Waals surface area contributed by atoms with E-state index in [1.165, 1.54) is 4.90 Å². The standard InChI is InChI=1S/C25H24ClN3O3S/c1-12-7-14(26)8-17(22(12)32-21-4-6-27-13(21)2)16-3-5-28-20-9-15(33-23(16)20)11-29-24(30)18-10-19(18)25(29)31/h3,5,7-9,13,18-19,21,27H,4,6,10-11H2,1-2H3. The van der Waals surface area contributed by atoms with Crippen LogP contribution in [0.15, 0.2) is 30.5 Å². The minimum atomic E-state index is -0.0813. The van der Waals surface area contributed by atoms with Gasteiger partial charge in [0.25, 0.3) is 0 Å². The van der Waals surface area contributed by atoms with E-state index in [-0.39, 0.29) is 35.8 Å². The Morgan fingerprint density at radius 1 is 1.21 bits per heavy atom. The Balaban J connectivity index is 1.39. The third-order valence-corrected chi connectivity index (χ3v) is 8.35. The van der Waals surface area contributed by atoms with E-state index in [1.54, 1.807) is 17.5 Å². The fraction of sp³-hybridized carbons (Fsp3) is 0.400. The first-order chi connectivity index (χ1) is 15.9. The van der Waals surface area contributed by atoms with Gasteiger partial charge in [0, 0.05) is 33.3 Å². The van der Waals surface area contributed by atoms with Gasteiger partial charge in [0.2, 0.25) is 11.8 Å². The highest BCUT2D eigenvalue weighted by Crippen LogP contribution is 2.48. The maximum absolute atomic E-state index is 12.4. The topological polar surface area (TPSA) is 71.5 Å². The molecule has 6 rings (SSSR count). The summed E-state index contributed by atoms with van der Waals surface area (Å²) in [6.07, 6.45) is 3.56. The molecule has 4 unspecified atom stereocenters. The summed E-state index contributed by atoms with van der Waals surface area (Å²) in [5.74, 6) is 0.615. The van der Waals surface area contributed by atoms with Crippen LogP contribution in [0, 0.1) is 18.8 Å². The smallest absolute Gasteiger partial charge is 0.233 e. The molecule has 6 nitrogen and oxygen atoms in total. The van der Waals surface area contributed by atoms with Crippen molar-refractivity contribution in [2.24, 2.45) is 11.8 Å². The van der Waals surface area contributed by atoms with E-state index in [9.17, 15) is 9.59 Å². The summed E-state index contributed by atoms with van der Waals surface area (Å²) in [7, 11) is 0. The van der Waals surface area contributed by atoms with Gasteiger partial charge in [-0.15, -0.1) is 11.3 Å². The highest BCUT2D eigenvalue weighted by Gasteiger charge is 2.58. The second kappa shape index (κ2) is 7.79. The van der Waals surface area contributed by atoms with Gasteiger partial charge in [-0.3, -0.25) is 19.5 Å². The minimum absolute atomic E-state index is 0.0314. The molecule has 4 atom stereocenters. The summed E-state index contributed by atoms with van der Waals surface area (Å²) >= 11 is 8.04. The molecule has 1 saturated carbocycles. The number of benzene rings is 1. The van der Waals surface area contributed by atoms with Gasteiger partial charge >= 0.3 is 0 Å². The lowest BCUT2D eigenvalue weighted by molar-refractivity contribution is -0.141. The molecule has 2 saturated heterocycles. The number of halogens is 1. The Morgan fingerprint density at radius 3 is 2.73 bits per heavy atom. The fourth-order valence-electron chi connectivity index (χ4n) is 5.07. The van der Waals surface area contributed by atoms with Gasteiger partial charge in [0.1, 0.15) is 11.9 Å². The summed E-state index contributed by atoms with van der Waals surface area (Å²) in [6.45, 7) is 5.42. The van der Waals surface area contributed by atoms with E-state index in [0.717, 1.165) is 56.9 Å². The van der Waals surface area contributed by atoms with E-state index in [2.05, 4.69) is 17.2 Å². The van der Waals surface area contributed by atoms with Gasteiger partial charge in [0.05, 0.1) is 28.6 Å². The number of carbonyl (C=O) groups excluding carboxylic acids is 2. The van der Waals surface area contributed by atoms with E-state index < -0.39 is 0 Å². The van der Waals surface area contributed by atoms with Crippen molar-refractivity contribution in [3.8, 4) is 16.9 Å². The van der Waals surface area contributed by atoms with Gasteiger partial charge in [-0.25, -0.2) is 0 Å². The molecule has 8 heteroatoms. The lowest BCUT2D eigenvalue weighted by Crippen LogP contribution is -2.31. The maximum Gasteiger partial charge on any atom is 0.233 e. The summed E-state index contributed by atoms with van der Waals surface area (Å²) in [5.41, 5.74) is 3.77. The average Bonchev–Trinajstić information content (AvgIpc) is 3.22. The van der Waals surface area contributed by atoms with Crippen LogP contribution in [0.4, 0.5) is 0 Å². The SMILES string of the molecule is Cc1cc(Cl)cc(-c2ccnc3cc(CN4C(=O)C5CC5C4=O)sc23)c1OC1CCNC1C. The second-order valence-corrected chi connectivity index (χ2v) is 10.9. The number of thiophene rings is 1. The Labute approximate surface area is 200 Å². The van der Waals surface area contributed by atoms with Crippen molar-refractivity contribution < 1.29 is 14.3 Å². The van der Waals surface area contributed by atoms with Crippen molar-refractivity contribution in [2.45, 2.75) is 45.4 Å². The quantitative estimate of drug-likeness (QED) is 0.541. The van der Waals surface area contributed by atoms with Crippen molar-refractivity contribution in [3.63, 3.8) is 0 Å². The first kappa shape index (κ1) is 21.1. The number of nitrogens with one attached hydrogen (secondary N) is 1. The molecule has 3 fully saturated rings. The van der Waals surface area contributed by atoms with Gasteiger partial charge in [-0.1, -0.05) is 11.6 Å². The maximum atomic E-state index is 12.4. The predicted molar refractivity (Wildman–Crippen MR) is 128 cm³/mol. The number of pyridine rings is 1. The average molecular weight is 482 g/mol. The highest BCUT2D eigenvalue weighted by molar-refractivity contribution is 7.19. The first-order valence-electron chi connectivity index (χ1n) is 11.3. The van der Waals surface area contributed by atoms with Crippen molar-refractivity contribution in [1.82, 2.24) is 15.2 Å². The number of imide groups is 1. The number of nitrogens with zero attached hydrogens (tertiary/aromatic N) is 2. The first-order valence-corrected chi connectivity index (χ1v) is 12.5. The number of piperidine rings is 1. The third-order valence-electron chi connectivity index (χ3n) is 6.99. The molecule has 0 radical (unpaired) electrons. The van der Waals surface area contributed by atoms with E-state index in [0.29, 0.717) is 11.6 Å². The second-order valence-electron chi connectivity index (χ2n) is 9.28. The Hall–Kier alpha value is -2.48. The van der Waals surface area contributed by atoms with Gasteiger partial charge < -0.3 is 10.1 Å². The molecule has 33 heavy (non-hydrogen) atoms. The van der Waals surface area contributed by atoms with E-state index >= 15 is 0 Å². The number of fused-ring (bicyclic) bond motifs is 2. The lowest BCUT2D eigenvalue weighted by atomic mass is 10.0. The normalized spacial score (nSPS) is 26.3. The van der Waals surface area contributed by atoms with E-state index in [4.69, 9.17) is 16.3 Å². The number of aromatic nitrogens is 1. The predicted octanol–water partition coefficient (Wildman–Crippen LogP) is 4.56. The molecule has 0 bridgehead atoms. The highest BCUT2D eigenvalue weighted by atomic mass is 35.5. The summed E-state index contributed by atoms with van der Waals surface area (Å²) < 4.78 is 7.53. The number of likely N-dealkylation sites (tertiary alicyclic amines) is 1. The number of aryl methyl sites for hydroxylation is 1. The molecule has 170 valence electrons. The number of hydrogen-bond acceptors (Lipinski definition) is 6. The molecule has 2 aliphatic heterocycles. The number of carbonyl (C=O) groups is 2. The summed E-state index contributed by atoms with van der Waals surface area (Å²) in [4.78, 5) is 31.8. The summed E-state index contributed by atoms with van der Waals surface area (Å²) in [6, 6.07) is 8.13. The molecule has 0 spiro atoms. The van der Waals surface area contributed by atoms with Crippen LogP contribution in [0.5, 0.6) is 5.75 Å². The number of hydrogen-bond donors (Lipinski definition) is 1. The fourth-order valence-corrected chi connectivity index (χ4v) is 6.48. The molecule has 4 heterocycles. The molecule has 1 aromatic carbocycles. The van der Waals surface area contributed by atoms with E-state index in [1.807, 2.05) is 31.2 Å². The molecule has 1 N–H and O–H groups in total. The summed E-state index contributed by atoms with van der Waals surface area (Å²) in [5, 5.41) is 4.10. The van der Waals surface area contributed by atoms with Gasteiger partial charge in [-0.2, -0.15) is 0 Å². The molecule has 2 aromatic heterocycles. The van der Waals surface area contributed by atoms with Crippen molar-refractivity contribution in [2.75, 3.05) is 6.54 Å². The molecular weight excluding hydrogens is 458 g/mol. The van der Waals surface area contributed by atoms with Crippen LogP contribution in [-0.2, 0) is 16.1 Å². The number of ether oxygens (including phenoxy) is 1. The van der Waals surface area contributed by atoms with Crippen LogP contribution < -0.4 is 10.1 Å². The lowest BCUT2D eigenvalue weighted by Gasteiger charge is -2.22. The van der Waals surface area contributed by atoms with Crippen LogP contribution in [0.25, 0.3) is 21.3 Å². The molecule has 2 amide bonds. The van der Waals surface area contributed by atoms with Crippen LogP contribution in [0.3, 0.4) is 0 Å². The van der Waals surface area contributed by atoms with Crippen LogP contribution in [-0.4, -0.2) is 40.4 Å². The Morgan fingerprint density at radius 2 is 2.00 bits per heavy atom. The molecule has 3 aliphatic rings. The Kier molecular flexibility index (Phi) is 4.98. The largest absolute Gasteiger partial charge is 0.488 e. The third kappa shape index (κ3) is 3.54. The zero-order valence-corrected chi connectivity index (χ0v) is 20.0. The monoisotopic (exact) mass is 481 g/mol. The van der Waals surface area contributed by atoms with Crippen LogP contribution in [0.2, 0.25) is 5.02 Å². The molecule has 3 aromatic rings. The molecule has 1 aliphatic carbocycles. The zero-order chi connectivity index (χ0) is 22.9. The van der Waals surface area contributed by atoms with Gasteiger partial charge in [0.15, 0.2) is 0 Å². The zero-order valence-electron chi connectivity index (χ0n) is 18.4. The number of amides is 2. The number of rotatable bonds is 5. The Bertz CT molecular complexity index is 1290. The van der Waals surface area contributed by atoms with Crippen molar-refractivity contribution in [3.05, 3.63) is 45.9 Å². The van der Waals surface area contributed by atoms with Crippen LogP contribution in [0.1, 0.15) is 30.2 Å². The molecular formula is C25H24ClN3O3S.